The Labute approximate surface area is 238 Å². The maximum Gasteiger partial charge on any atom is 0.228 e. The van der Waals surface area contributed by atoms with Gasteiger partial charge in [-0.2, -0.15) is 5.10 Å². The van der Waals surface area contributed by atoms with Crippen molar-refractivity contribution >= 4 is 33.5 Å². The molecule has 42 heavy (non-hydrogen) atoms. The van der Waals surface area contributed by atoms with E-state index in [4.69, 9.17) is 0 Å². The fourth-order valence-corrected chi connectivity index (χ4v) is 5.06. The van der Waals surface area contributed by atoms with Crippen LogP contribution < -0.4 is 5.32 Å². The first-order valence-electron chi connectivity index (χ1n) is 13.1. The first-order chi connectivity index (χ1) is 20.5. The van der Waals surface area contributed by atoms with Crippen molar-refractivity contribution < 1.29 is 14.3 Å². The predicted octanol–water partition coefficient (Wildman–Crippen LogP) is 6.26. The number of anilines is 1. The summed E-state index contributed by atoms with van der Waals surface area (Å²) in [6.07, 6.45) is 8.62. The Morgan fingerprint density at radius 3 is 2.55 bits per heavy atom. The highest BCUT2D eigenvalue weighted by Gasteiger charge is 2.16. The molecule has 0 fully saturated rings. The van der Waals surface area contributed by atoms with Crippen molar-refractivity contribution in [3.63, 3.8) is 0 Å². The number of amides is 1. The van der Waals surface area contributed by atoms with Gasteiger partial charge in [-0.3, -0.25) is 19.9 Å². The second kappa shape index (κ2) is 10.3. The summed E-state index contributed by atoms with van der Waals surface area (Å²) in [4.78, 5) is 29.1. The summed E-state index contributed by atoms with van der Waals surface area (Å²) in [5.41, 5.74) is 6.99. The lowest BCUT2D eigenvalue weighted by atomic mass is 10.0. The van der Waals surface area contributed by atoms with E-state index in [2.05, 4.69) is 35.5 Å². The van der Waals surface area contributed by atoms with Gasteiger partial charge in [0.15, 0.2) is 5.65 Å². The molecule has 0 unspecified atom stereocenters. The van der Waals surface area contributed by atoms with Crippen molar-refractivity contribution in [3.8, 4) is 39.4 Å². The van der Waals surface area contributed by atoms with Crippen LogP contribution in [0.25, 0.3) is 55.6 Å². The van der Waals surface area contributed by atoms with Gasteiger partial charge < -0.3 is 15.4 Å². The summed E-state index contributed by atoms with van der Waals surface area (Å²) in [5, 5.41) is 21.9. The van der Waals surface area contributed by atoms with Crippen LogP contribution in [0.2, 0.25) is 0 Å². The van der Waals surface area contributed by atoms with Gasteiger partial charge in [0.05, 0.1) is 41.4 Å². The molecule has 0 radical (unpaired) electrons. The standard InChI is InChI=1S/C32H22FN7O2/c33-22-7-19(9-24(41)11-22)27-16-35-17-29-25(27)12-28(38-29)31-26-10-21(14-36-32(26)40-39-31)20-8-23(15-34-13-20)37-30(42)6-18-4-2-1-3-5-18/h1-5,7-17,38,41H,6H2,(H,37,42)(H,36,39,40). The maximum atomic E-state index is 14.0. The molecule has 5 aromatic heterocycles. The molecule has 5 heterocycles. The summed E-state index contributed by atoms with van der Waals surface area (Å²) in [6.45, 7) is 0. The number of phenolic OH excluding ortho intramolecular Hbond substituents is 1. The van der Waals surface area contributed by atoms with Crippen LogP contribution in [0.5, 0.6) is 5.75 Å². The molecule has 0 spiro atoms. The molecular weight excluding hydrogens is 533 g/mol. The normalized spacial score (nSPS) is 11.3. The number of rotatable bonds is 6. The zero-order valence-corrected chi connectivity index (χ0v) is 22.0. The minimum Gasteiger partial charge on any atom is -0.508 e. The monoisotopic (exact) mass is 555 g/mol. The van der Waals surface area contributed by atoms with E-state index in [1.807, 2.05) is 48.5 Å². The van der Waals surface area contributed by atoms with E-state index < -0.39 is 5.82 Å². The summed E-state index contributed by atoms with van der Waals surface area (Å²) in [7, 11) is 0. The van der Waals surface area contributed by atoms with Crippen LogP contribution in [0.15, 0.2) is 97.7 Å². The van der Waals surface area contributed by atoms with Crippen molar-refractivity contribution in [1.29, 1.82) is 0 Å². The minimum absolute atomic E-state index is 0.132. The molecule has 1 amide bonds. The smallest absolute Gasteiger partial charge is 0.228 e. The van der Waals surface area contributed by atoms with E-state index in [-0.39, 0.29) is 18.1 Å². The Hall–Kier alpha value is -5.90. The Kier molecular flexibility index (Phi) is 6.12. The summed E-state index contributed by atoms with van der Waals surface area (Å²) in [6, 6.07) is 19.2. The van der Waals surface area contributed by atoms with Crippen molar-refractivity contribution in [1.82, 2.24) is 30.1 Å². The number of nitrogens with zero attached hydrogens (tertiary/aromatic N) is 4. The number of phenols is 1. The van der Waals surface area contributed by atoms with Crippen LogP contribution in [0.4, 0.5) is 10.1 Å². The number of aromatic hydroxyl groups is 1. The van der Waals surface area contributed by atoms with Gasteiger partial charge in [0.25, 0.3) is 0 Å². The average Bonchev–Trinajstić information content (AvgIpc) is 3.61. The molecule has 7 rings (SSSR count). The molecule has 0 bridgehead atoms. The van der Waals surface area contributed by atoms with Crippen LogP contribution in [0.3, 0.4) is 0 Å². The quantitative estimate of drug-likeness (QED) is 0.192. The second-order valence-electron chi connectivity index (χ2n) is 9.90. The number of aromatic amines is 2. The van der Waals surface area contributed by atoms with E-state index in [1.165, 1.54) is 12.1 Å². The fraction of sp³-hybridized carbons (Fsp3) is 0.0312. The molecule has 0 saturated heterocycles. The van der Waals surface area contributed by atoms with Crippen LogP contribution in [-0.2, 0) is 11.2 Å². The lowest BCUT2D eigenvalue weighted by Gasteiger charge is -2.07. The Balaban J connectivity index is 1.22. The maximum absolute atomic E-state index is 14.0. The first-order valence-corrected chi connectivity index (χ1v) is 13.1. The highest BCUT2D eigenvalue weighted by atomic mass is 19.1. The third kappa shape index (κ3) is 4.81. The zero-order chi connectivity index (χ0) is 28.6. The zero-order valence-electron chi connectivity index (χ0n) is 22.0. The van der Waals surface area contributed by atoms with Gasteiger partial charge in [0.1, 0.15) is 11.6 Å². The molecule has 0 aliphatic rings. The molecule has 4 N–H and O–H groups in total. The number of nitrogens with one attached hydrogen (secondary N) is 3. The van der Waals surface area contributed by atoms with Crippen molar-refractivity contribution in [2.75, 3.05) is 5.32 Å². The number of H-pyrrole nitrogens is 2. The van der Waals surface area contributed by atoms with Gasteiger partial charge in [0.2, 0.25) is 5.91 Å². The number of carbonyl (C=O) groups excluding carboxylic acids is 1. The van der Waals surface area contributed by atoms with E-state index in [9.17, 15) is 14.3 Å². The van der Waals surface area contributed by atoms with Gasteiger partial charge in [-0.05, 0) is 41.5 Å². The number of hydrogen-bond acceptors (Lipinski definition) is 6. The fourth-order valence-electron chi connectivity index (χ4n) is 5.06. The highest BCUT2D eigenvalue weighted by Crippen LogP contribution is 2.35. The molecule has 0 aliphatic carbocycles. The number of carbonyl (C=O) groups is 1. The molecule has 9 nitrogen and oxygen atoms in total. The Bertz CT molecular complexity index is 2080. The molecule has 10 heteroatoms. The lowest BCUT2D eigenvalue weighted by molar-refractivity contribution is -0.115. The van der Waals surface area contributed by atoms with Gasteiger partial charge in [-0.15, -0.1) is 0 Å². The Morgan fingerprint density at radius 2 is 1.69 bits per heavy atom. The number of benzene rings is 2. The number of halogens is 1. The number of hydrogen-bond donors (Lipinski definition) is 4. The number of fused-ring (bicyclic) bond motifs is 2. The van der Waals surface area contributed by atoms with E-state index in [0.717, 1.165) is 44.7 Å². The average molecular weight is 556 g/mol. The van der Waals surface area contributed by atoms with Crippen LogP contribution in [0, 0.1) is 5.82 Å². The molecule has 7 aromatic rings. The predicted molar refractivity (Wildman–Crippen MR) is 158 cm³/mol. The lowest BCUT2D eigenvalue weighted by Crippen LogP contribution is -2.14. The summed E-state index contributed by atoms with van der Waals surface area (Å²) in [5.74, 6) is -0.831. The van der Waals surface area contributed by atoms with Gasteiger partial charge >= 0.3 is 0 Å². The molecule has 0 aliphatic heterocycles. The first kappa shape index (κ1) is 25.1. The second-order valence-corrected chi connectivity index (χ2v) is 9.90. The topological polar surface area (TPSA) is 132 Å². The number of pyridine rings is 3. The minimum atomic E-state index is -0.537. The molecule has 0 atom stereocenters. The van der Waals surface area contributed by atoms with Crippen molar-refractivity contribution in [2.45, 2.75) is 6.42 Å². The van der Waals surface area contributed by atoms with Crippen LogP contribution in [-0.4, -0.2) is 41.1 Å². The molecule has 0 saturated carbocycles. The van der Waals surface area contributed by atoms with Gasteiger partial charge in [-0.1, -0.05) is 30.3 Å². The molecule has 204 valence electrons. The van der Waals surface area contributed by atoms with Gasteiger partial charge in [-0.25, -0.2) is 9.37 Å². The SMILES string of the molecule is O=C(Cc1ccccc1)Nc1cncc(-c2cnc3n[nH]c(-c4cc5c(-c6cc(O)cc(F)c6)cncc5[nH]4)c3c2)c1. The van der Waals surface area contributed by atoms with Crippen LogP contribution in [0.1, 0.15) is 5.56 Å². The Morgan fingerprint density at radius 1 is 0.857 bits per heavy atom. The van der Waals surface area contributed by atoms with E-state index >= 15 is 0 Å². The van der Waals surface area contributed by atoms with Crippen molar-refractivity contribution in [3.05, 3.63) is 109 Å². The van der Waals surface area contributed by atoms with Gasteiger partial charge in [0, 0.05) is 52.1 Å². The van der Waals surface area contributed by atoms with Crippen LogP contribution >= 0.6 is 0 Å². The molecule has 2 aromatic carbocycles. The largest absolute Gasteiger partial charge is 0.508 e. The van der Waals surface area contributed by atoms with E-state index in [0.29, 0.717) is 28.2 Å². The summed E-state index contributed by atoms with van der Waals surface area (Å²) < 4.78 is 14.0. The van der Waals surface area contributed by atoms with Crippen molar-refractivity contribution in [2.24, 2.45) is 0 Å². The third-order valence-corrected chi connectivity index (χ3v) is 6.98. The van der Waals surface area contributed by atoms with E-state index in [1.54, 1.807) is 31.0 Å². The third-order valence-electron chi connectivity index (χ3n) is 6.98. The number of aromatic nitrogens is 6. The molecular formula is C32H22FN7O2. The summed E-state index contributed by atoms with van der Waals surface area (Å²) >= 11 is 0. The highest BCUT2D eigenvalue weighted by molar-refractivity contribution is 6.01.